The molecule has 2 rings (SSSR count). The van der Waals surface area contributed by atoms with E-state index in [1.54, 1.807) is 18.2 Å². The predicted octanol–water partition coefficient (Wildman–Crippen LogP) is 2.69. The summed E-state index contributed by atoms with van der Waals surface area (Å²) in [5, 5.41) is 0. The van der Waals surface area contributed by atoms with Crippen LogP contribution in [0.1, 0.15) is 16.8 Å². The SMILES string of the molecule is O=C(OC1=CC=CC1)c1ccccc1. The van der Waals surface area contributed by atoms with E-state index in [9.17, 15) is 4.79 Å². The maximum Gasteiger partial charge on any atom is 0.343 e. The van der Waals surface area contributed by atoms with Crippen LogP contribution in [0.5, 0.6) is 0 Å². The van der Waals surface area contributed by atoms with Crippen LogP contribution in [0.15, 0.2) is 54.3 Å². The van der Waals surface area contributed by atoms with Gasteiger partial charge in [0.1, 0.15) is 5.76 Å². The number of carbonyl (C=O) groups is 1. The Kier molecular flexibility index (Phi) is 2.45. The summed E-state index contributed by atoms with van der Waals surface area (Å²) in [6.07, 6.45) is 6.35. The molecule has 1 aliphatic carbocycles. The minimum absolute atomic E-state index is 0.291. The average molecular weight is 186 g/mol. The van der Waals surface area contributed by atoms with Crippen molar-refractivity contribution in [1.82, 2.24) is 0 Å². The van der Waals surface area contributed by atoms with E-state index in [1.165, 1.54) is 0 Å². The fourth-order valence-corrected chi connectivity index (χ4v) is 1.26. The first kappa shape index (κ1) is 8.75. The van der Waals surface area contributed by atoms with Crippen molar-refractivity contribution in [3.8, 4) is 0 Å². The third-order valence-electron chi connectivity index (χ3n) is 1.97. The number of hydrogen-bond donors (Lipinski definition) is 0. The van der Waals surface area contributed by atoms with Crippen LogP contribution in [0.4, 0.5) is 0 Å². The van der Waals surface area contributed by atoms with Crippen molar-refractivity contribution in [2.45, 2.75) is 6.42 Å². The summed E-state index contributed by atoms with van der Waals surface area (Å²) in [6.45, 7) is 0. The maximum absolute atomic E-state index is 11.5. The lowest BCUT2D eigenvalue weighted by Gasteiger charge is -2.03. The smallest absolute Gasteiger partial charge is 0.343 e. The summed E-state index contributed by atoms with van der Waals surface area (Å²) >= 11 is 0. The third-order valence-corrected chi connectivity index (χ3v) is 1.97. The second-order valence-corrected chi connectivity index (χ2v) is 3.02. The van der Waals surface area contributed by atoms with E-state index in [0.29, 0.717) is 17.7 Å². The molecule has 0 fully saturated rings. The number of carbonyl (C=O) groups excluding carboxylic acids is 1. The van der Waals surface area contributed by atoms with Gasteiger partial charge in [-0.3, -0.25) is 0 Å². The molecule has 0 atom stereocenters. The van der Waals surface area contributed by atoms with E-state index in [2.05, 4.69) is 0 Å². The van der Waals surface area contributed by atoms with Gasteiger partial charge < -0.3 is 4.74 Å². The zero-order chi connectivity index (χ0) is 9.80. The van der Waals surface area contributed by atoms with Crippen LogP contribution >= 0.6 is 0 Å². The highest BCUT2D eigenvalue weighted by Crippen LogP contribution is 2.14. The fraction of sp³-hybridized carbons (Fsp3) is 0.0833. The molecule has 14 heavy (non-hydrogen) atoms. The van der Waals surface area contributed by atoms with Crippen molar-refractivity contribution in [2.24, 2.45) is 0 Å². The Balaban J connectivity index is 2.03. The molecule has 0 heterocycles. The maximum atomic E-state index is 11.5. The number of benzene rings is 1. The third kappa shape index (κ3) is 1.91. The van der Waals surface area contributed by atoms with Gasteiger partial charge in [0.2, 0.25) is 0 Å². The summed E-state index contributed by atoms with van der Waals surface area (Å²) in [5.41, 5.74) is 0.584. The van der Waals surface area contributed by atoms with Crippen LogP contribution in [-0.4, -0.2) is 5.97 Å². The standard InChI is InChI=1S/C12H10O2/c13-12(10-6-2-1-3-7-10)14-11-8-4-5-9-11/h1-8H,9H2. The van der Waals surface area contributed by atoms with Crippen LogP contribution in [0, 0.1) is 0 Å². The molecule has 1 aliphatic rings. The molecule has 0 saturated heterocycles. The Bertz CT molecular complexity index is 388. The quantitative estimate of drug-likeness (QED) is 0.664. The molecular weight excluding hydrogens is 176 g/mol. The van der Waals surface area contributed by atoms with E-state index in [0.717, 1.165) is 0 Å². The highest BCUT2D eigenvalue weighted by atomic mass is 16.5. The Labute approximate surface area is 82.5 Å². The molecule has 1 aromatic rings. The molecule has 2 heteroatoms. The minimum atomic E-state index is -0.291. The van der Waals surface area contributed by atoms with E-state index >= 15 is 0 Å². The van der Waals surface area contributed by atoms with Gasteiger partial charge in [-0.1, -0.05) is 30.4 Å². The summed E-state index contributed by atoms with van der Waals surface area (Å²) in [5.74, 6) is 0.416. The molecule has 70 valence electrons. The van der Waals surface area contributed by atoms with Crippen LogP contribution in [-0.2, 0) is 4.74 Å². The molecule has 0 radical (unpaired) electrons. The summed E-state index contributed by atoms with van der Waals surface area (Å²) in [7, 11) is 0. The van der Waals surface area contributed by atoms with Crippen molar-refractivity contribution in [3.63, 3.8) is 0 Å². The lowest BCUT2D eigenvalue weighted by Crippen LogP contribution is -2.03. The largest absolute Gasteiger partial charge is 0.427 e. The number of rotatable bonds is 2. The molecule has 2 nitrogen and oxygen atoms in total. The van der Waals surface area contributed by atoms with Gasteiger partial charge in [0, 0.05) is 6.42 Å². The minimum Gasteiger partial charge on any atom is -0.427 e. The fourth-order valence-electron chi connectivity index (χ4n) is 1.26. The molecule has 0 aliphatic heterocycles. The van der Waals surface area contributed by atoms with Crippen molar-refractivity contribution >= 4 is 5.97 Å². The first-order chi connectivity index (χ1) is 6.86. The molecule has 0 unspecified atom stereocenters. The molecule has 0 N–H and O–H groups in total. The molecular formula is C12H10O2. The number of ether oxygens (including phenoxy) is 1. The Morgan fingerprint density at radius 3 is 2.64 bits per heavy atom. The second kappa shape index (κ2) is 3.92. The zero-order valence-corrected chi connectivity index (χ0v) is 7.64. The summed E-state index contributed by atoms with van der Waals surface area (Å²) in [6, 6.07) is 8.99. The van der Waals surface area contributed by atoms with Gasteiger partial charge in [0.05, 0.1) is 5.56 Å². The molecule has 0 bridgehead atoms. The number of allylic oxidation sites excluding steroid dienone is 3. The van der Waals surface area contributed by atoms with Crippen LogP contribution < -0.4 is 0 Å². The molecule has 0 aromatic heterocycles. The summed E-state index contributed by atoms with van der Waals surface area (Å²) in [4.78, 5) is 11.5. The monoisotopic (exact) mass is 186 g/mol. The lowest BCUT2D eigenvalue weighted by atomic mass is 10.2. The number of hydrogen-bond acceptors (Lipinski definition) is 2. The van der Waals surface area contributed by atoms with Gasteiger partial charge in [-0.15, -0.1) is 0 Å². The Morgan fingerprint density at radius 1 is 1.21 bits per heavy atom. The van der Waals surface area contributed by atoms with Crippen molar-refractivity contribution in [1.29, 1.82) is 0 Å². The van der Waals surface area contributed by atoms with E-state index in [-0.39, 0.29) is 5.97 Å². The van der Waals surface area contributed by atoms with Gasteiger partial charge in [-0.25, -0.2) is 4.79 Å². The average Bonchev–Trinajstić information content (AvgIpc) is 2.72. The Hall–Kier alpha value is -1.83. The van der Waals surface area contributed by atoms with Crippen molar-refractivity contribution in [2.75, 3.05) is 0 Å². The highest BCUT2D eigenvalue weighted by molar-refractivity contribution is 5.90. The molecule has 1 aromatic carbocycles. The molecule has 0 saturated carbocycles. The normalized spacial score (nSPS) is 13.9. The van der Waals surface area contributed by atoms with E-state index < -0.39 is 0 Å². The van der Waals surface area contributed by atoms with Gasteiger partial charge in [0.25, 0.3) is 0 Å². The topological polar surface area (TPSA) is 26.3 Å². The van der Waals surface area contributed by atoms with Crippen molar-refractivity contribution in [3.05, 3.63) is 59.9 Å². The van der Waals surface area contributed by atoms with Crippen molar-refractivity contribution < 1.29 is 9.53 Å². The molecule has 0 spiro atoms. The van der Waals surface area contributed by atoms with E-state index in [1.807, 2.05) is 30.4 Å². The Morgan fingerprint density at radius 2 is 2.00 bits per heavy atom. The first-order valence-electron chi connectivity index (χ1n) is 4.49. The van der Waals surface area contributed by atoms with Gasteiger partial charge in [-0.05, 0) is 18.2 Å². The second-order valence-electron chi connectivity index (χ2n) is 3.02. The number of esters is 1. The molecule has 0 amide bonds. The lowest BCUT2D eigenvalue weighted by molar-refractivity contribution is 0.0621. The van der Waals surface area contributed by atoms with Crippen LogP contribution in [0.2, 0.25) is 0 Å². The summed E-state index contributed by atoms with van der Waals surface area (Å²) < 4.78 is 5.16. The van der Waals surface area contributed by atoms with Crippen LogP contribution in [0.3, 0.4) is 0 Å². The van der Waals surface area contributed by atoms with Gasteiger partial charge in [-0.2, -0.15) is 0 Å². The van der Waals surface area contributed by atoms with Gasteiger partial charge in [0.15, 0.2) is 0 Å². The highest BCUT2D eigenvalue weighted by Gasteiger charge is 2.09. The van der Waals surface area contributed by atoms with Gasteiger partial charge >= 0.3 is 5.97 Å². The zero-order valence-electron chi connectivity index (χ0n) is 7.64. The van der Waals surface area contributed by atoms with E-state index in [4.69, 9.17) is 4.74 Å². The first-order valence-corrected chi connectivity index (χ1v) is 4.49. The predicted molar refractivity (Wildman–Crippen MR) is 53.7 cm³/mol. The van der Waals surface area contributed by atoms with Crippen LogP contribution in [0.25, 0.3) is 0 Å².